The molecule has 0 aliphatic carbocycles. The molecule has 0 aromatic carbocycles. The minimum absolute atomic E-state index is 0.0550. The lowest BCUT2D eigenvalue weighted by atomic mass is 10.5. The Morgan fingerprint density at radius 1 is 1.27 bits per heavy atom. The van der Waals surface area contributed by atoms with E-state index in [1.165, 1.54) is 0 Å². The molecule has 5 nitrogen and oxygen atoms in total. The summed E-state index contributed by atoms with van der Waals surface area (Å²) in [4.78, 5) is 15.1. The van der Waals surface area contributed by atoms with E-state index in [-0.39, 0.29) is 12.3 Å². The Balaban J connectivity index is 2.40. The van der Waals surface area contributed by atoms with E-state index in [2.05, 4.69) is 0 Å². The molecule has 1 heterocycles. The molecule has 0 aromatic rings. The van der Waals surface area contributed by atoms with Crippen LogP contribution in [-0.2, 0) is 9.47 Å². The molecule has 1 saturated heterocycles. The van der Waals surface area contributed by atoms with E-state index >= 15 is 0 Å². The number of hydrogen-bond acceptors (Lipinski definition) is 3. The number of likely N-dealkylation sites (N-methyl/N-ethyl adjacent to an activating group) is 1. The zero-order valence-electron chi connectivity index (χ0n) is 9.73. The molecule has 5 heteroatoms. The van der Waals surface area contributed by atoms with Gasteiger partial charge in [-0.3, -0.25) is 0 Å². The molecule has 1 aliphatic heterocycles. The van der Waals surface area contributed by atoms with Crippen molar-refractivity contribution in [3.05, 3.63) is 0 Å². The van der Waals surface area contributed by atoms with Crippen molar-refractivity contribution in [3.63, 3.8) is 0 Å². The summed E-state index contributed by atoms with van der Waals surface area (Å²) in [5.41, 5.74) is 0. The van der Waals surface area contributed by atoms with Gasteiger partial charge in [-0.05, 0) is 13.8 Å². The lowest BCUT2D eigenvalue weighted by molar-refractivity contribution is -0.142. The number of rotatable bonds is 6. The lowest BCUT2D eigenvalue weighted by Crippen LogP contribution is -2.38. The van der Waals surface area contributed by atoms with Gasteiger partial charge in [-0.2, -0.15) is 0 Å². The van der Waals surface area contributed by atoms with E-state index in [9.17, 15) is 4.79 Å². The molecule has 0 N–H and O–H groups in total. The zero-order valence-corrected chi connectivity index (χ0v) is 9.73. The Morgan fingerprint density at radius 3 is 2.27 bits per heavy atom. The van der Waals surface area contributed by atoms with Gasteiger partial charge in [0.2, 0.25) is 0 Å². The van der Waals surface area contributed by atoms with Crippen molar-refractivity contribution >= 4 is 6.03 Å². The third-order valence-corrected chi connectivity index (χ3v) is 2.38. The van der Waals surface area contributed by atoms with Gasteiger partial charge in [-0.15, -0.1) is 0 Å². The summed E-state index contributed by atoms with van der Waals surface area (Å²) in [6.07, 6.45) is -0.296. The Morgan fingerprint density at radius 2 is 1.87 bits per heavy atom. The standard InChI is InChI=1S/C10H20N2O3/c1-4-14-9(15-5-2)8-12-7-6-11(3)10(12)13/h9H,4-8H2,1-3H3. The molecule has 0 atom stereocenters. The first kappa shape index (κ1) is 12.3. The highest BCUT2D eigenvalue weighted by Crippen LogP contribution is 2.08. The number of carbonyl (C=O) groups is 1. The van der Waals surface area contributed by atoms with E-state index in [1.54, 1.807) is 16.8 Å². The predicted octanol–water partition coefficient (Wildman–Crippen LogP) is 0.753. The number of ether oxygens (including phenoxy) is 2. The number of urea groups is 1. The highest BCUT2D eigenvalue weighted by molar-refractivity contribution is 5.76. The van der Waals surface area contributed by atoms with Crippen molar-refractivity contribution in [3.8, 4) is 0 Å². The Kier molecular flexibility index (Phi) is 4.84. The summed E-state index contributed by atoms with van der Waals surface area (Å²) in [7, 11) is 1.80. The van der Waals surface area contributed by atoms with Gasteiger partial charge in [0.1, 0.15) is 0 Å². The van der Waals surface area contributed by atoms with Gasteiger partial charge in [0.15, 0.2) is 6.29 Å². The minimum atomic E-state index is -0.296. The summed E-state index contributed by atoms with van der Waals surface area (Å²) < 4.78 is 10.8. The van der Waals surface area contributed by atoms with Crippen LogP contribution in [0.15, 0.2) is 0 Å². The average molecular weight is 216 g/mol. The van der Waals surface area contributed by atoms with Crippen LogP contribution in [0.4, 0.5) is 4.79 Å². The third kappa shape index (κ3) is 3.35. The van der Waals surface area contributed by atoms with Gasteiger partial charge in [-0.25, -0.2) is 4.79 Å². The van der Waals surface area contributed by atoms with Crippen LogP contribution in [0.3, 0.4) is 0 Å². The first-order valence-electron chi connectivity index (χ1n) is 5.42. The number of carbonyl (C=O) groups excluding carboxylic acids is 1. The molecular weight excluding hydrogens is 196 g/mol. The fraction of sp³-hybridized carbons (Fsp3) is 0.900. The van der Waals surface area contributed by atoms with Gasteiger partial charge in [-0.1, -0.05) is 0 Å². The van der Waals surface area contributed by atoms with Crippen molar-refractivity contribution in [1.29, 1.82) is 0 Å². The van der Waals surface area contributed by atoms with Gasteiger partial charge in [0.05, 0.1) is 6.54 Å². The Bertz CT molecular complexity index is 205. The first-order valence-corrected chi connectivity index (χ1v) is 5.42. The molecule has 0 bridgehead atoms. The van der Waals surface area contributed by atoms with E-state index < -0.39 is 0 Å². The van der Waals surface area contributed by atoms with Crippen LogP contribution in [-0.4, -0.2) is 62.0 Å². The van der Waals surface area contributed by atoms with Crippen molar-refractivity contribution in [2.24, 2.45) is 0 Å². The van der Waals surface area contributed by atoms with E-state index in [1.807, 2.05) is 13.8 Å². The molecule has 0 spiro atoms. The number of hydrogen-bond donors (Lipinski definition) is 0. The predicted molar refractivity (Wildman–Crippen MR) is 56.6 cm³/mol. The first-order chi connectivity index (χ1) is 7.19. The van der Waals surface area contributed by atoms with Crippen molar-refractivity contribution < 1.29 is 14.3 Å². The third-order valence-electron chi connectivity index (χ3n) is 2.38. The van der Waals surface area contributed by atoms with Crippen molar-refractivity contribution in [1.82, 2.24) is 9.80 Å². The fourth-order valence-electron chi connectivity index (χ4n) is 1.58. The maximum atomic E-state index is 11.6. The van der Waals surface area contributed by atoms with E-state index in [4.69, 9.17) is 9.47 Å². The molecule has 1 aliphatic rings. The molecule has 88 valence electrons. The second-order valence-corrected chi connectivity index (χ2v) is 3.49. The molecule has 15 heavy (non-hydrogen) atoms. The molecule has 0 unspecified atom stereocenters. The van der Waals surface area contributed by atoms with Gasteiger partial charge < -0.3 is 19.3 Å². The second kappa shape index (κ2) is 5.92. The second-order valence-electron chi connectivity index (χ2n) is 3.49. The van der Waals surface area contributed by atoms with Crippen molar-refractivity contribution in [2.45, 2.75) is 20.1 Å². The summed E-state index contributed by atoms with van der Waals surface area (Å²) in [6.45, 7) is 7.10. The number of amides is 2. The molecule has 1 rings (SSSR count). The van der Waals surface area contributed by atoms with Gasteiger partial charge >= 0.3 is 6.03 Å². The van der Waals surface area contributed by atoms with Crippen LogP contribution in [0.25, 0.3) is 0 Å². The summed E-state index contributed by atoms with van der Waals surface area (Å²) >= 11 is 0. The molecule has 0 saturated carbocycles. The minimum Gasteiger partial charge on any atom is -0.351 e. The Labute approximate surface area is 90.9 Å². The average Bonchev–Trinajstić information content (AvgIpc) is 2.51. The molecule has 0 aromatic heterocycles. The van der Waals surface area contributed by atoms with E-state index in [0.29, 0.717) is 19.8 Å². The lowest BCUT2D eigenvalue weighted by Gasteiger charge is -2.23. The monoisotopic (exact) mass is 216 g/mol. The van der Waals surface area contributed by atoms with Crippen LogP contribution in [0.1, 0.15) is 13.8 Å². The van der Waals surface area contributed by atoms with Crippen LogP contribution < -0.4 is 0 Å². The molecule has 2 amide bonds. The topological polar surface area (TPSA) is 42.0 Å². The van der Waals surface area contributed by atoms with Crippen LogP contribution in [0.5, 0.6) is 0 Å². The van der Waals surface area contributed by atoms with Crippen molar-refractivity contribution in [2.75, 3.05) is 39.9 Å². The smallest absolute Gasteiger partial charge is 0.320 e. The highest BCUT2D eigenvalue weighted by atomic mass is 16.7. The molecule has 1 fully saturated rings. The maximum Gasteiger partial charge on any atom is 0.320 e. The van der Waals surface area contributed by atoms with Crippen LogP contribution in [0, 0.1) is 0 Å². The van der Waals surface area contributed by atoms with Gasteiger partial charge in [0, 0.05) is 33.4 Å². The quantitative estimate of drug-likeness (QED) is 0.615. The molecule has 0 radical (unpaired) electrons. The summed E-state index contributed by atoms with van der Waals surface area (Å²) in [5.74, 6) is 0. The van der Waals surface area contributed by atoms with E-state index in [0.717, 1.165) is 13.1 Å². The summed E-state index contributed by atoms with van der Waals surface area (Å²) in [5, 5.41) is 0. The summed E-state index contributed by atoms with van der Waals surface area (Å²) in [6, 6.07) is 0.0550. The number of nitrogens with zero attached hydrogens (tertiary/aromatic N) is 2. The zero-order chi connectivity index (χ0) is 11.3. The van der Waals surface area contributed by atoms with Crippen LogP contribution >= 0.6 is 0 Å². The van der Waals surface area contributed by atoms with Gasteiger partial charge in [0.25, 0.3) is 0 Å². The highest BCUT2D eigenvalue weighted by Gasteiger charge is 2.27. The Hall–Kier alpha value is -0.810. The SMILES string of the molecule is CCOC(CN1CCN(C)C1=O)OCC. The fourth-order valence-corrected chi connectivity index (χ4v) is 1.58. The van der Waals surface area contributed by atoms with Crippen LogP contribution in [0.2, 0.25) is 0 Å². The maximum absolute atomic E-state index is 11.6. The normalized spacial score (nSPS) is 16.9. The largest absolute Gasteiger partial charge is 0.351 e. The molecular formula is C10H20N2O3.